The van der Waals surface area contributed by atoms with E-state index in [-0.39, 0.29) is 5.91 Å². The van der Waals surface area contributed by atoms with Gasteiger partial charge in [-0.15, -0.1) is 0 Å². The molecule has 1 amide bonds. The summed E-state index contributed by atoms with van der Waals surface area (Å²) in [4.78, 5) is 15.1. The van der Waals surface area contributed by atoms with Crippen LogP contribution in [0.1, 0.15) is 31.7 Å². The van der Waals surface area contributed by atoms with Crippen LogP contribution in [-0.4, -0.2) is 39.7 Å². The average molecular weight is 450 g/mol. The minimum Gasteiger partial charge on any atom is -0.372 e. The Morgan fingerprint density at radius 3 is 2.23 bits per heavy atom. The van der Waals surface area contributed by atoms with Crippen LogP contribution in [0.25, 0.3) is 0 Å². The number of nitrogens with one attached hydrogen (secondary N) is 1. The molecule has 6 nitrogen and oxygen atoms in total. The number of amides is 1. The molecule has 30 heavy (non-hydrogen) atoms. The number of carbonyl (C=O) groups excluding carboxylic acids is 1. The van der Waals surface area contributed by atoms with Crippen molar-refractivity contribution in [1.82, 2.24) is 5.32 Å². The fourth-order valence-corrected chi connectivity index (χ4v) is 5.01. The van der Waals surface area contributed by atoms with Crippen molar-refractivity contribution in [3.8, 4) is 0 Å². The quantitative estimate of drug-likeness (QED) is 0.698. The lowest BCUT2D eigenvalue weighted by Crippen LogP contribution is -2.47. The summed E-state index contributed by atoms with van der Waals surface area (Å²) in [7, 11) is -3.65. The fourth-order valence-electron chi connectivity index (χ4n) is 3.71. The predicted octanol–water partition coefficient (Wildman–Crippen LogP) is 3.80. The number of anilines is 2. The van der Waals surface area contributed by atoms with Gasteiger partial charge in [-0.2, -0.15) is 0 Å². The van der Waals surface area contributed by atoms with Gasteiger partial charge >= 0.3 is 0 Å². The van der Waals surface area contributed by atoms with Crippen molar-refractivity contribution < 1.29 is 13.2 Å². The minimum atomic E-state index is -3.65. The maximum atomic E-state index is 12.7. The van der Waals surface area contributed by atoms with Crippen molar-refractivity contribution in [3.63, 3.8) is 0 Å². The molecular weight excluding hydrogens is 422 g/mol. The van der Waals surface area contributed by atoms with E-state index in [1.807, 2.05) is 12.1 Å². The first kappa shape index (κ1) is 22.4. The van der Waals surface area contributed by atoms with E-state index >= 15 is 0 Å². The van der Waals surface area contributed by atoms with Crippen LogP contribution in [0.15, 0.2) is 48.5 Å². The van der Waals surface area contributed by atoms with Crippen LogP contribution < -0.4 is 14.5 Å². The molecule has 1 N–H and O–H groups in total. The van der Waals surface area contributed by atoms with Gasteiger partial charge in [0, 0.05) is 30.3 Å². The number of hydrogen-bond donors (Lipinski definition) is 1. The van der Waals surface area contributed by atoms with Gasteiger partial charge in [-0.3, -0.25) is 9.10 Å². The van der Waals surface area contributed by atoms with Crippen LogP contribution in [0.3, 0.4) is 0 Å². The van der Waals surface area contributed by atoms with Gasteiger partial charge in [0.05, 0.1) is 11.9 Å². The SMILES string of the molecule is C[C@H](C(=O)NCc1ccc(N2CCCCC2)cc1)N(c1ccc(Cl)cc1)S(C)(=O)=O. The highest BCUT2D eigenvalue weighted by atomic mass is 35.5. The molecule has 0 saturated carbocycles. The zero-order valence-electron chi connectivity index (χ0n) is 17.3. The predicted molar refractivity (Wildman–Crippen MR) is 123 cm³/mol. The van der Waals surface area contributed by atoms with Gasteiger partial charge in [0.1, 0.15) is 6.04 Å². The highest BCUT2D eigenvalue weighted by Crippen LogP contribution is 2.23. The molecule has 8 heteroatoms. The van der Waals surface area contributed by atoms with E-state index in [9.17, 15) is 13.2 Å². The molecule has 162 valence electrons. The van der Waals surface area contributed by atoms with E-state index in [1.54, 1.807) is 31.2 Å². The van der Waals surface area contributed by atoms with Crippen molar-refractivity contribution in [2.45, 2.75) is 38.8 Å². The Kier molecular flexibility index (Phi) is 7.26. The number of sulfonamides is 1. The zero-order chi connectivity index (χ0) is 21.7. The van der Waals surface area contributed by atoms with Crippen LogP contribution >= 0.6 is 11.6 Å². The Morgan fingerprint density at radius 2 is 1.67 bits per heavy atom. The Labute approximate surface area is 183 Å². The smallest absolute Gasteiger partial charge is 0.243 e. The number of benzene rings is 2. The second-order valence-electron chi connectivity index (χ2n) is 7.64. The lowest BCUT2D eigenvalue weighted by atomic mass is 10.1. The van der Waals surface area contributed by atoms with Gasteiger partial charge in [0.2, 0.25) is 15.9 Å². The molecule has 0 aliphatic carbocycles. The molecule has 1 aliphatic heterocycles. The summed E-state index contributed by atoms with van der Waals surface area (Å²) in [6.07, 6.45) is 4.82. The number of nitrogens with zero attached hydrogens (tertiary/aromatic N) is 2. The topological polar surface area (TPSA) is 69.7 Å². The van der Waals surface area contributed by atoms with Gasteiger partial charge in [-0.1, -0.05) is 23.7 Å². The molecule has 1 heterocycles. The lowest BCUT2D eigenvalue weighted by Gasteiger charge is -2.29. The lowest BCUT2D eigenvalue weighted by molar-refractivity contribution is -0.122. The molecule has 0 spiro atoms. The third-order valence-corrected chi connectivity index (χ3v) is 6.79. The molecular formula is C22H28ClN3O3S. The van der Waals surface area contributed by atoms with Gasteiger partial charge in [0.25, 0.3) is 0 Å². The van der Waals surface area contributed by atoms with Gasteiger partial charge in [0.15, 0.2) is 0 Å². The summed E-state index contributed by atoms with van der Waals surface area (Å²) in [6, 6.07) is 13.6. The summed E-state index contributed by atoms with van der Waals surface area (Å²) in [6.45, 7) is 4.07. The molecule has 0 aromatic heterocycles. The first-order valence-corrected chi connectivity index (χ1v) is 12.3. The molecule has 1 fully saturated rings. The van der Waals surface area contributed by atoms with E-state index in [4.69, 9.17) is 11.6 Å². The largest absolute Gasteiger partial charge is 0.372 e. The normalized spacial score (nSPS) is 15.5. The summed E-state index contributed by atoms with van der Waals surface area (Å²) < 4.78 is 25.8. The standard InChI is InChI=1S/C22H28ClN3O3S/c1-17(26(30(2,28)29)21-12-8-19(23)9-13-21)22(27)24-16-18-6-10-20(11-7-18)25-14-4-3-5-15-25/h6-13,17H,3-5,14-16H2,1-2H3,(H,24,27)/t17-/m1/s1. The first-order chi connectivity index (χ1) is 14.3. The summed E-state index contributed by atoms with van der Waals surface area (Å²) in [5.41, 5.74) is 2.56. The summed E-state index contributed by atoms with van der Waals surface area (Å²) >= 11 is 5.90. The maximum absolute atomic E-state index is 12.7. The molecule has 0 radical (unpaired) electrons. The molecule has 2 aromatic carbocycles. The van der Waals surface area contributed by atoms with E-state index in [2.05, 4.69) is 22.3 Å². The molecule has 0 bridgehead atoms. The second-order valence-corrected chi connectivity index (χ2v) is 9.94. The fraction of sp³-hybridized carbons (Fsp3) is 0.409. The summed E-state index contributed by atoms with van der Waals surface area (Å²) in [5, 5.41) is 3.34. The van der Waals surface area contributed by atoms with Crippen LogP contribution in [0, 0.1) is 0 Å². The molecule has 1 atom stereocenters. The van der Waals surface area contributed by atoms with Crippen LogP contribution in [-0.2, 0) is 21.4 Å². The van der Waals surface area contributed by atoms with E-state index in [0.717, 1.165) is 29.2 Å². The molecule has 2 aromatic rings. The second kappa shape index (κ2) is 9.71. The van der Waals surface area contributed by atoms with Crippen molar-refractivity contribution in [1.29, 1.82) is 0 Å². The third kappa shape index (κ3) is 5.67. The summed E-state index contributed by atoms with van der Waals surface area (Å²) in [5.74, 6) is -0.365. The van der Waals surface area contributed by atoms with Gasteiger partial charge < -0.3 is 10.2 Å². The monoisotopic (exact) mass is 449 g/mol. The number of carbonyl (C=O) groups is 1. The van der Waals surface area contributed by atoms with Crippen LogP contribution in [0.4, 0.5) is 11.4 Å². The van der Waals surface area contributed by atoms with E-state index in [1.165, 1.54) is 24.9 Å². The molecule has 1 saturated heterocycles. The highest BCUT2D eigenvalue weighted by molar-refractivity contribution is 7.92. The van der Waals surface area contributed by atoms with Crippen molar-refractivity contribution in [2.24, 2.45) is 0 Å². The first-order valence-electron chi connectivity index (χ1n) is 10.1. The molecule has 3 rings (SSSR count). The molecule has 1 aliphatic rings. The van der Waals surface area contributed by atoms with Crippen molar-refractivity contribution >= 4 is 38.9 Å². The van der Waals surface area contributed by atoms with Gasteiger partial charge in [-0.25, -0.2) is 8.42 Å². The Hall–Kier alpha value is -2.25. The zero-order valence-corrected chi connectivity index (χ0v) is 18.9. The Morgan fingerprint density at radius 1 is 1.07 bits per heavy atom. The minimum absolute atomic E-state index is 0.335. The third-order valence-electron chi connectivity index (χ3n) is 5.29. The number of hydrogen-bond acceptors (Lipinski definition) is 4. The van der Waals surface area contributed by atoms with Crippen molar-refractivity contribution in [3.05, 3.63) is 59.1 Å². The highest BCUT2D eigenvalue weighted by Gasteiger charge is 2.28. The van der Waals surface area contributed by atoms with Crippen molar-refractivity contribution in [2.75, 3.05) is 28.6 Å². The Balaban J connectivity index is 1.64. The van der Waals surface area contributed by atoms with Gasteiger partial charge in [-0.05, 0) is 68.1 Å². The number of rotatable bonds is 7. The Bertz CT molecular complexity index is 956. The van der Waals surface area contributed by atoms with Crippen LogP contribution in [0.2, 0.25) is 5.02 Å². The molecule has 0 unspecified atom stereocenters. The maximum Gasteiger partial charge on any atom is 0.243 e. The number of piperidine rings is 1. The van der Waals surface area contributed by atoms with E-state index < -0.39 is 16.1 Å². The van der Waals surface area contributed by atoms with Crippen LogP contribution in [0.5, 0.6) is 0 Å². The number of halogens is 1. The van der Waals surface area contributed by atoms with E-state index in [0.29, 0.717) is 17.3 Å². The average Bonchev–Trinajstić information content (AvgIpc) is 2.73.